The van der Waals surface area contributed by atoms with E-state index in [4.69, 9.17) is 20.8 Å². The number of carbonyl (C=O) groups is 1. The van der Waals surface area contributed by atoms with E-state index in [1.165, 1.54) is 6.07 Å². The van der Waals surface area contributed by atoms with Crippen LogP contribution in [0.5, 0.6) is 0 Å². The molecule has 2 N–H and O–H groups in total. The number of hydrogen-bond donors (Lipinski definition) is 2. The van der Waals surface area contributed by atoms with E-state index < -0.39 is 17.6 Å². The predicted molar refractivity (Wildman–Crippen MR) is 144 cm³/mol. The number of pyridine rings is 2. The van der Waals surface area contributed by atoms with Gasteiger partial charge in [0.05, 0.1) is 22.8 Å². The maximum atomic E-state index is 13.3. The molecule has 0 bridgehead atoms. The summed E-state index contributed by atoms with van der Waals surface area (Å²) in [4.78, 5) is 45.0. The summed E-state index contributed by atoms with van der Waals surface area (Å²) >= 11 is 6.08. The van der Waals surface area contributed by atoms with Gasteiger partial charge in [-0.2, -0.15) is 0 Å². The number of nitrogens with zero attached hydrogens (tertiary/aromatic N) is 1. The summed E-state index contributed by atoms with van der Waals surface area (Å²) in [6.07, 6.45) is 0. The van der Waals surface area contributed by atoms with Gasteiger partial charge in [-0.25, -0.2) is 9.78 Å². The number of halogens is 1. The number of aromatic nitrogens is 2. The van der Waals surface area contributed by atoms with Crippen molar-refractivity contribution in [2.24, 2.45) is 0 Å². The van der Waals surface area contributed by atoms with Gasteiger partial charge in [0.15, 0.2) is 16.9 Å². The van der Waals surface area contributed by atoms with Crippen LogP contribution in [0.4, 0.5) is 5.69 Å². The van der Waals surface area contributed by atoms with Crippen LogP contribution in [-0.2, 0) is 4.74 Å². The number of aromatic amines is 1. The summed E-state index contributed by atoms with van der Waals surface area (Å²) in [5.74, 6) is -0.327. The Kier molecular flexibility index (Phi) is 6.97. The zero-order chi connectivity index (χ0) is 27.1. The molecule has 4 aromatic rings. The number of nitrogens with one attached hydrogen (secondary N) is 2. The molecule has 0 saturated heterocycles. The van der Waals surface area contributed by atoms with Crippen LogP contribution >= 0.6 is 11.6 Å². The molecular weight excluding hydrogens is 494 g/mol. The fraction of sp³-hybridized carbons (Fsp3) is 0.286. The van der Waals surface area contributed by atoms with E-state index in [1.807, 2.05) is 19.9 Å². The molecular formula is C28H28ClN3O5. The number of ether oxygens (including phenoxy) is 1. The Balaban J connectivity index is 1.84. The first kappa shape index (κ1) is 26.2. The van der Waals surface area contributed by atoms with Gasteiger partial charge in [-0.1, -0.05) is 23.7 Å². The zero-order valence-corrected chi connectivity index (χ0v) is 22.2. The van der Waals surface area contributed by atoms with Gasteiger partial charge in [0.2, 0.25) is 5.56 Å². The lowest BCUT2D eigenvalue weighted by atomic mass is 9.99. The van der Waals surface area contributed by atoms with Gasteiger partial charge in [0, 0.05) is 17.2 Å². The van der Waals surface area contributed by atoms with Crippen molar-refractivity contribution in [1.29, 1.82) is 0 Å². The van der Waals surface area contributed by atoms with Crippen molar-refractivity contribution in [3.05, 3.63) is 90.6 Å². The summed E-state index contributed by atoms with van der Waals surface area (Å²) in [5, 5.41) is 3.88. The third-order valence-corrected chi connectivity index (χ3v) is 5.91. The second kappa shape index (κ2) is 9.86. The number of aryl methyl sites for hydroxylation is 1. The Morgan fingerprint density at radius 1 is 1.14 bits per heavy atom. The molecule has 9 heteroatoms. The number of fused-ring (bicyclic) bond motifs is 1. The summed E-state index contributed by atoms with van der Waals surface area (Å²) in [6.45, 7) is 10.7. The third-order valence-electron chi connectivity index (χ3n) is 5.70. The predicted octanol–water partition coefficient (Wildman–Crippen LogP) is 5.94. The van der Waals surface area contributed by atoms with E-state index in [2.05, 4.69) is 15.3 Å². The second-order valence-electron chi connectivity index (χ2n) is 9.94. The summed E-state index contributed by atoms with van der Waals surface area (Å²) in [7, 11) is 0. The molecule has 1 atom stereocenters. The SMILES string of the molecule is Cc1cc([C@@H](C)Nc2ccc(Cl)nc2C(=O)OC(C)(C)C)c2oc(-c3cccc(=O)[nH]3)c(C)c(=O)c2c1. The Labute approximate surface area is 218 Å². The number of H-pyrrole nitrogens is 1. The van der Waals surface area contributed by atoms with Gasteiger partial charge >= 0.3 is 5.97 Å². The van der Waals surface area contributed by atoms with Gasteiger partial charge in [0.1, 0.15) is 16.3 Å². The van der Waals surface area contributed by atoms with Crippen molar-refractivity contribution >= 4 is 34.2 Å². The van der Waals surface area contributed by atoms with E-state index >= 15 is 0 Å². The molecule has 0 aliphatic heterocycles. The van der Waals surface area contributed by atoms with Crippen molar-refractivity contribution in [1.82, 2.24) is 9.97 Å². The standard InChI is InChI=1S/C28H28ClN3O5/c1-14-12-17(16(3)30-19-10-11-21(29)32-23(19)27(35)37-28(4,5)6)26-18(13-14)24(34)15(2)25(36-26)20-8-7-9-22(33)31-20/h7-13,16,30H,1-6H3,(H,31,33)/t16-/m1/s1. The van der Waals surface area contributed by atoms with Crippen LogP contribution in [0.15, 0.2) is 56.5 Å². The number of hydrogen-bond acceptors (Lipinski definition) is 7. The van der Waals surface area contributed by atoms with E-state index in [0.717, 1.165) is 5.56 Å². The average molecular weight is 522 g/mol. The number of anilines is 1. The first-order valence-corrected chi connectivity index (χ1v) is 12.2. The van der Waals surface area contributed by atoms with E-state index in [9.17, 15) is 14.4 Å². The van der Waals surface area contributed by atoms with Crippen LogP contribution in [0.2, 0.25) is 5.15 Å². The minimum Gasteiger partial charge on any atom is -0.455 e. The lowest BCUT2D eigenvalue weighted by molar-refractivity contribution is 0.00640. The van der Waals surface area contributed by atoms with Crippen LogP contribution in [0.1, 0.15) is 60.9 Å². The highest BCUT2D eigenvalue weighted by Crippen LogP contribution is 2.32. The highest BCUT2D eigenvalue weighted by Gasteiger charge is 2.24. The molecule has 0 aliphatic rings. The summed E-state index contributed by atoms with van der Waals surface area (Å²) in [5.41, 5.74) is 1.99. The molecule has 0 radical (unpaired) electrons. The Morgan fingerprint density at radius 3 is 2.54 bits per heavy atom. The minimum atomic E-state index is -0.715. The minimum absolute atomic E-state index is 0.0473. The molecule has 3 heterocycles. The number of esters is 1. The number of rotatable bonds is 5. The van der Waals surface area contributed by atoms with Gasteiger partial charge in [-0.3, -0.25) is 9.59 Å². The third kappa shape index (κ3) is 5.59. The van der Waals surface area contributed by atoms with Crippen LogP contribution in [0, 0.1) is 13.8 Å². The fourth-order valence-electron chi connectivity index (χ4n) is 4.07. The van der Waals surface area contributed by atoms with Crippen LogP contribution < -0.4 is 16.3 Å². The summed E-state index contributed by atoms with van der Waals surface area (Å²) in [6, 6.07) is 11.2. The Hall–Kier alpha value is -3.91. The van der Waals surface area contributed by atoms with Gasteiger partial charge in [-0.15, -0.1) is 0 Å². The van der Waals surface area contributed by atoms with E-state index in [-0.39, 0.29) is 27.6 Å². The highest BCUT2D eigenvalue weighted by molar-refractivity contribution is 6.29. The zero-order valence-electron chi connectivity index (χ0n) is 21.5. The molecule has 0 aliphatic carbocycles. The Morgan fingerprint density at radius 2 is 1.86 bits per heavy atom. The molecule has 0 spiro atoms. The molecule has 3 aromatic heterocycles. The van der Waals surface area contributed by atoms with Crippen LogP contribution in [-0.4, -0.2) is 21.5 Å². The summed E-state index contributed by atoms with van der Waals surface area (Å²) < 4.78 is 11.8. The lowest BCUT2D eigenvalue weighted by Gasteiger charge is -2.22. The van der Waals surface area contributed by atoms with Gasteiger partial charge in [0.25, 0.3) is 0 Å². The van der Waals surface area contributed by atoms with Gasteiger partial charge < -0.3 is 19.5 Å². The second-order valence-corrected chi connectivity index (χ2v) is 10.3. The van der Waals surface area contributed by atoms with Crippen molar-refractivity contribution in [3.63, 3.8) is 0 Å². The molecule has 192 valence electrons. The van der Waals surface area contributed by atoms with Gasteiger partial charge in [-0.05, 0) is 71.4 Å². The molecule has 0 saturated carbocycles. The molecule has 4 rings (SSSR count). The first-order valence-electron chi connectivity index (χ1n) is 11.8. The Bertz CT molecular complexity index is 1630. The smallest absolute Gasteiger partial charge is 0.359 e. The molecule has 37 heavy (non-hydrogen) atoms. The number of carbonyl (C=O) groups excluding carboxylic acids is 1. The lowest BCUT2D eigenvalue weighted by Crippen LogP contribution is -2.25. The average Bonchev–Trinajstić information content (AvgIpc) is 2.81. The number of benzene rings is 1. The van der Waals surface area contributed by atoms with E-state index in [1.54, 1.807) is 58.0 Å². The largest absolute Gasteiger partial charge is 0.455 e. The normalized spacial score (nSPS) is 12.4. The van der Waals surface area contributed by atoms with Crippen LogP contribution in [0.25, 0.3) is 22.4 Å². The maximum Gasteiger partial charge on any atom is 0.359 e. The van der Waals surface area contributed by atoms with Crippen molar-refractivity contribution in [2.75, 3.05) is 5.32 Å². The fourth-order valence-corrected chi connectivity index (χ4v) is 4.22. The first-order chi connectivity index (χ1) is 17.3. The topological polar surface area (TPSA) is 114 Å². The van der Waals surface area contributed by atoms with Crippen molar-refractivity contribution in [3.8, 4) is 11.5 Å². The van der Waals surface area contributed by atoms with Crippen molar-refractivity contribution in [2.45, 2.75) is 53.2 Å². The van der Waals surface area contributed by atoms with Crippen LogP contribution in [0.3, 0.4) is 0 Å². The monoisotopic (exact) mass is 521 g/mol. The molecule has 0 amide bonds. The van der Waals surface area contributed by atoms with E-state index in [0.29, 0.717) is 33.5 Å². The quantitative estimate of drug-likeness (QED) is 0.246. The molecule has 8 nitrogen and oxygen atoms in total. The van der Waals surface area contributed by atoms with Crippen molar-refractivity contribution < 1.29 is 13.9 Å². The molecule has 0 fully saturated rings. The molecule has 1 aromatic carbocycles. The maximum absolute atomic E-state index is 13.3. The highest BCUT2D eigenvalue weighted by atomic mass is 35.5. The molecule has 0 unspecified atom stereocenters.